The molecule has 0 radical (unpaired) electrons. The number of rotatable bonds is 6. The number of methoxy groups -OCH3 is 1. The molecule has 146 valence electrons. The summed E-state index contributed by atoms with van der Waals surface area (Å²) in [4.78, 5) is 16.1. The number of aliphatic carboxylic acids is 1. The summed E-state index contributed by atoms with van der Waals surface area (Å²) >= 11 is 1.09. The van der Waals surface area contributed by atoms with Crippen LogP contribution in [0.5, 0.6) is 5.75 Å². The molecule has 2 aromatic carbocycles. The molecule has 0 fully saturated rings. The molecular formula is C19H15F3N2O3S. The van der Waals surface area contributed by atoms with Crippen LogP contribution in [0.25, 0.3) is 11.3 Å². The third-order valence-corrected chi connectivity index (χ3v) is 4.78. The molecular weight excluding hydrogens is 393 g/mol. The van der Waals surface area contributed by atoms with E-state index in [0.717, 1.165) is 23.5 Å². The molecule has 0 amide bonds. The first-order chi connectivity index (χ1) is 13.3. The third kappa shape index (κ3) is 4.61. The molecule has 1 aromatic heterocycles. The smallest absolute Gasteiger partial charge is 0.416 e. The van der Waals surface area contributed by atoms with Crippen LogP contribution in [-0.2, 0) is 17.4 Å². The van der Waals surface area contributed by atoms with Crippen molar-refractivity contribution in [3.05, 3.63) is 59.0 Å². The Labute approximate surface area is 162 Å². The van der Waals surface area contributed by atoms with Crippen LogP contribution in [-0.4, -0.2) is 23.2 Å². The van der Waals surface area contributed by atoms with Crippen LogP contribution < -0.4 is 10.1 Å². The maximum atomic E-state index is 12.9. The van der Waals surface area contributed by atoms with Crippen LogP contribution in [0.1, 0.15) is 10.4 Å². The molecule has 28 heavy (non-hydrogen) atoms. The third-order valence-electron chi connectivity index (χ3n) is 3.81. The number of aromatic nitrogens is 1. The standard InChI is InChI=1S/C19H15F3N2O3S/c1-27-14-7-5-11(6-8-14)17-15(10-16(25)26)28-18(24-17)23-13-4-2-3-12(9-13)19(20,21)22/h2-9H,10H2,1H3,(H,23,24)(H,25,26). The Balaban J connectivity index is 1.94. The number of ether oxygens (including phenoxy) is 1. The van der Waals surface area contributed by atoms with E-state index in [-0.39, 0.29) is 12.1 Å². The van der Waals surface area contributed by atoms with Crippen LogP contribution >= 0.6 is 11.3 Å². The summed E-state index contributed by atoms with van der Waals surface area (Å²) in [7, 11) is 1.53. The number of nitrogens with one attached hydrogen (secondary N) is 1. The average Bonchev–Trinajstić information content (AvgIpc) is 3.02. The predicted molar refractivity (Wildman–Crippen MR) is 100 cm³/mol. The highest BCUT2D eigenvalue weighted by atomic mass is 32.1. The Morgan fingerprint density at radius 1 is 1.21 bits per heavy atom. The summed E-state index contributed by atoms with van der Waals surface area (Å²) < 4.78 is 43.8. The quantitative estimate of drug-likeness (QED) is 0.586. The first-order valence-electron chi connectivity index (χ1n) is 8.06. The number of nitrogens with zero attached hydrogens (tertiary/aromatic N) is 1. The summed E-state index contributed by atoms with van der Waals surface area (Å²) in [6.45, 7) is 0. The van der Waals surface area contributed by atoms with E-state index < -0.39 is 17.7 Å². The lowest BCUT2D eigenvalue weighted by atomic mass is 10.1. The predicted octanol–water partition coefficient (Wildman–Crippen LogP) is 5.21. The second-order valence-electron chi connectivity index (χ2n) is 5.79. The number of thiazole rings is 1. The summed E-state index contributed by atoms with van der Waals surface area (Å²) in [5.41, 5.74) is 0.580. The fourth-order valence-electron chi connectivity index (χ4n) is 2.53. The van der Waals surface area contributed by atoms with Crippen molar-refractivity contribution in [1.29, 1.82) is 0 Å². The molecule has 0 saturated carbocycles. The monoisotopic (exact) mass is 408 g/mol. The Morgan fingerprint density at radius 3 is 2.54 bits per heavy atom. The zero-order valence-electron chi connectivity index (χ0n) is 14.6. The Hall–Kier alpha value is -3.07. The maximum absolute atomic E-state index is 12.9. The number of benzene rings is 2. The molecule has 2 N–H and O–H groups in total. The largest absolute Gasteiger partial charge is 0.497 e. The Kier molecular flexibility index (Phi) is 5.55. The van der Waals surface area contributed by atoms with Gasteiger partial charge in [0.05, 0.1) is 24.8 Å². The van der Waals surface area contributed by atoms with E-state index in [9.17, 15) is 18.0 Å². The van der Waals surface area contributed by atoms with E-state index in [1.54, 1.807) is 24.3 Å². The fourth-order valence-corrected chi connectivity index (χ4v) is 3.53. The number of carbonyl (C=O) groups is 1. The first-order valence-corrected chi connectivity index (χ1v) is 8.88. The van der Waals surface area contributed by atoms with Gasteiger partial charge in [-0.15, -0.1) is 11.3 Å². The molecule has 3 rings (SSSR count). The van der Waals surface area contributed by atoms with Gasteiger partial charge in [0.2, 0.25) is 0 Å². The number of alkyl halides is 3. The molecule has 0 unspecified atom stereocenters. The topological polar surface area (TPSA) is 71.5 Å². The SMILES string of the molecule is COc1ccc(-c2nc(Nc3cccc(C(F)(F)F)c3)sc2CC(=O)O)cc1. The van der Waals surface area contributed by atoms with Crippen LogP contribution in [0.15, 0.2) is 48.5 Å². The fraction of sp³-hybridized carbons (Fsp3) is 0.158. The van der Waals surface area contributed by atoms with Gasteiger partial charge in [-0.3, -0.25) is 4.79 Å². The summed E-state index contributed by atoms with van der Waals surface area (Å²) in [6, 6.07) is 11.7. The number of carboxylic acid groups (broad SMARTS) is 1. The van der Waals surface area contributed by atoms with Gasteiger partial charge >= 0.3 is 12.1 Å². The van der Waals surface area contributed by atoms with E-state index in [1.165, 1.54) is 19.2 Å². The summed E-state index contributed by atoms with van der Waals surface area (Å²) in [6.07, 6.45) is -4.70. The Bertz CT molecular complexity index is 985. The Morgan fingerprint density at radius 2 is 1.93 bits per heavy atom. The average molecular weight is 408 g/mol. The summed E-state index contributed by atoms with van der Waals surface area (Å²) in [5, 5.41) is 12.3. The molecule has 0 bridgehead atoms. The van der Waals surface area contributed by atoms with Crippen molar-refractivity contribution in [3.63, 3.8) is 0 Å². The van der Waals surface area contributed by atoms with Crippen LogP contribution in [0.3, 0.4) is 0 Å². The van der Waals surface area contributed by atoms with E-state index in [4.69, 9.17) is 9.84 Å². The number of halogens is 3. The number of carboxylic acids is 1. The molecule has 0 atom stereocenters. The highest BCUT2D eigenvalue weighted by molar-refractivity contribution is 7.16. The van der Waals surface area contributed by atoms with Gasteiger partial charge in [-0.1, -0.05) is 6.07 Å². The van der Waals surface area contributed by atoms with E-state index in [2.05, 4.69) is 10.3 Å². The molecule has 0 spiro atoms. The highest BCUT2D eigenvalue weighted by Crippen LogP contribution is 2.35. The molecule has 5 nitrogen and oxygen atoms in total. The van der Waals surface area contributed by atoms with Crippen LogP contribution in [0, 0.1) is 0 Å². The van der Waals surface area contributed by atoms with Gasteiger partial charge in [0.25, 0.3) is 0 Å². The van der Waals surface area contributed by atoms with E-state index >= 15 is 0 Å². The van der Waals surface area contributed by atoms with E-state index in [0.29, 0.717) is 27.0 Å². The lowest BCUT2D eigenvalue weighted by Crippen LogP contribution is -2.05. The van der Waals surface area contributed by atoms with Gasteiger partial charge in [0.1, 0.15) is 5.75 Å². The van der Waals surface area contributed by atoms with Crippen LogP contribution in [0.2, 0.25) is 0 Å². The zero-order valence-corrected chi connectivity index (χ0v) is 15.4. The minimum atomic E-state index is -4.46. The molecule has 0 saturated heterocycles. The minimum absolute atomic E-state index is 0.215. The van der Waals surface area contributed by atoms with Crippen molar-refractivity contribution in [2.45, 2.75) is 12.6 Å². The van der Waals surface area contributed by atoms with Crippen molar-refractivity contribution < 1.29 is 27.8 Å². The maximum Gasteiger partial charge on any atom is 0.416 e. The van der Waals surface area contributed by atoms with Gasteiger partial charge in [0, 0.05) is 16.1 Å². The van der Waals surface area contributed by atoms with Crippen molar-refractivity contribution in [3.8, 4) is 17.0 Å². The normalized spacial score (nSPS) is 11.3. The first kappa shape index (κ1) is 19.7. The lowest BCUT2D eigenvalue weighted by molar-refractivity contribution is -0.138. The minimum Gasteiger partial charge on any atom is -0.497 e. The molecule has 0 aliphatic rings. The molecule has 0 aliphatic carbocycles. The number of hydrogen-bond donors (Lipinski definition) is 2. The van der Waals surface area contributed by atoms with Gasteiger partial charge in [0.15, 0.2) is 5.13 Å². The van der Waals surface area contributed by atoms with Gasteiger partial charge in [-0.05, 0) is 42.5 Å². The summed E-state index contributed by atoms with van der Waals surface area (Å²) in [5.74, 6) is -0.384. The molecule has 1 heterocycles. The molecule has 3 aromatic rings. The second-order valence-corrected chi connectivity index (χ2v) is 6.88. The molecule has 0 aliphatic heterocycles. The highest BCUT2D eigenvalue weighted by Gasteiger charge is 2.30. The van der Waals surface area contributed by atoms with Crippen molar-refractivity contribution >= 4 is 28.1 Å². The zero-order chi connectivity index (χ0) is 20.3. The van der Waals surface area contributed by atoms with Gasteiger partial charge in [-0.2, -0.15) is 13.2 Å². The van der Waals surface area contributed by atoms with E-state index in [1.807, 2.05) is 0 Å². The molecule has 9 heteroatoms. The lowest BCUT2D eigenvalue weighted by Gasteiger charge is -2.08. The van der Waals surface area contributed by atoms with Gasteiger partial charge in [-0.25, -0.2) is 4.98 Å². The second kappa shape index (κ2) is 7.89. The van der Waals surface area contributed by atoms with Gasteiger partial charge < -0.3 is 15.2 Å². The van der Waals surface area contributed by atoms with Crippen molar-refractivity contribution in [1.82, 2.24) is 4.98 Å². The number of hydrogen-bond acceptors (Lipinski definition) is 5. The van der Waals surface area contributed by atoms with Crippen LogP contribution in [0.4, 0.5) is 24.0 Å². The number of anilines is 2. The van der Waals surface area contributed by atoms with Crippen molar-refractivity contribution in [2.24, 2.45) is 0 Å². The van der Waals surface area contributed by atoms with Crippen molar-refractivity contribution in [2.75, 3.05) is 12.4 Å².